The second-order valence-corrected chi connectivity index (χ2v) is 8.59. The molecule has 0 saturated heterocycles. The lowest BCUT2D eigenvalue weighted by Crippen LogP contribution is -2.37. The Balaban J connectivity index is 1.23. The van der Waals surface area contributed by atoms with Gasteiger partial charge in [0.25, 0.3) is 5.91 Å². The highest BCUT2D eigenvalue weighted by molar-refractivity contribution is 6.30. The first-order chi connectivity index (χ1) is 16.1. The van der Waals surface area contributed by atoms with Crippen LogP contribution in [0.25, 0.3) is 11.0 Å². The summed E-state index contributed by atoms with van der Waals surface area (Å²) in [6.07, 6.45) is 4.62. The van der Waals surface area contributed by atoms with E-state index in [0.29, 0.717) is 30.2 Å². The highest BCUT2D eigenvalue weighted by Crippen LogP contribution is 2.25. The molecule has 2 amide bonds. The number of amides is 2. The Hall–Kier alpha value is -3.71. The minimum atomic E-state index is -0.189. The number of carbonyl (C=O) groups excluding carboxylic acids is 2. The molecule has 0 radical (unpaired) electrons. The van der Waals surface area contributed by atoms with E-state index in [4.69, 9.17) is 11.6 Å². The fourth-order valence-corrected chi connectivity index (χ4v) is 4.42. The second kappa shape index (κ2) is 9.03. The van der Waals surface area contributed by atoms with E-state index in [1.807, 2.05) is 41.4 Å². The summed E-state index contributed by atoms with van der Waals surface area (Å²) in [6, 6.07) is 14.6. The summed E-state index contributed by atoms with van der Waals surface area (Å²) in [5.74, 6) is -0.157. The Morgan fingerprint density at radius 3 is 2.82 bits per heavy atom. The molecule has 33 heavy (non-hydrogen) atoms. The summed E-state index contributed by atoms with van der Waals surface area (Å²) in [4.78, 5) is 31.8. The number of aromatic nitrogens is 3. The van der Waals surface area contributed by atoms with Crippen LogP contribution in [0.4, 0.5) is 0 Å². The van der Waals surface area contributed by atoms with Crippen LogP contribution < -0.4 is 5.32 Å². The third-order valence-electron chi connectivity index (χ3n) is 5.91. The highest BCUT2D eigenvalue weighted by Gasteiger charge is 2.23. The van der Waals surface area contributed by atoms with Crippen LogP contribution in [0, 0.1) is 0 Å². The first-order valence-electron chi connectivity index (χ1n) is 10.8. The molecule has 7 nitrogen and oxygen atoms in total. The van der Waals surface area contributed by atoms with Crippen molar-refractivity contribution in [1.29, 1.82) is 0 Å². The van der Waals surface area contributed by atoms with Gasteiger partial charge in [-0.1, -0.05) is 35.9 Å². The minimum absolute atomic E-state index is 0.0319. The van der Waals surface area contributed by atoms with E-state index in [1.165, 1.54) is 5.56 Å². The first-order valence-corrected chi connectivity index (χ1v) is 11.1. The molecule has 1 aliphatic heterocycles. The number of hydrogen-bond acceptors (Lipinski definition) is 4. The van der Waals surface area contributed by atoms with Crippen molar-refractivity contribution in [1.82, 2.24) is 25.4 Å². The van der Waals surface area contributed by atoms with Crippen LogP contribution in [0.3, 0.4) is 0 Å². The van der Waals surface area contributed by atoms with Crippen LogP contribution >= 0.6 is 11.6 Å². The van der Waals surface area contributed by atoms with Crippen molar-refractivity contribution in [3.63, 3.8) is 0 Å². The molecule has 2 aromatic carbocycles. The zero-order valence-corrected chi connectivity index (χ0v) is 18.6. The summed E-state index contributed by atoms with van der Waals surface area (Å²) in [7, 11) is 0. The van der Waals surface area contributed by atoms with Crippen LogP contribution in [-0.4, -0.2) is 38.4 Å². The Morgan fingerprint density at radius 1 is 1.09 bits per heavy atom. The third-order valence-corrected chi connectivity index (χ3v) is 6.15. The van der Waals surface area contributed by atoms with Gasteiger partial charge >= 0.3 is 0 Å². The van der Waals surface area contributed by atoms with Crippen molar-refractivity contribution in [2.24, 2.45) is 0 Å². The third kappa shape index (κ3) is 4.59. The molecule has 166 valence electrons. The van der Waals surface area contributed by atoms with Gasteiger partial charge < -0.3 is 10.2 Å². The average Bonchev–Trinajstić information content (AvgIpc) is 3.32. The fraction of sp³-hybridized carbons (Fsp3) is 0.200. The van der Waals surface area contributed by atoms with Crippen LogP contribution in [0.5, 0.6) is 0 Å². The molecule has 5 rings (SSSR count). The smallest absolute Gasteiger partial charge is 0.251 e. The van der Waals surface area contributed by atoms with E-state index < -0.39 is 0 Å². The average molecular weight is 460 g/mol. The number of fused-ring (bicyclic) bond motifs is 3. The van der Waals surface area contributed by atoms with Gasteiger partial charge in [0.15, 0.2) is 5.65 Å². The number of benzene rings is 2. The number of hydrogen-bond donors (Lipinski definition) is 2. The van der Waals surface area contributed by atoms with E-state index in [0.717, 1.165) is 34.1 Å². The summed E-state index contributed by atoms with van der Waals surface area (Å²) < 4.78 is 0. The molecule has 0 atom stereocenters. The topological polar surface area (TPSA) is 91.0 Å². The number of nitrogens with one attached hydrogen (secondary N) is 2. The van der Waals surface area contributed by atoms with Gasteiger partial charge in [-0.25, -0.2) is 4.98 Å². The normalized spacial score (nSPS) is 13.1. The second-order valence-electron chi connectivity index (χ2n) is 8.15. The van der Waals surface area contributed by atoms with Crippen LogP contribution in [0.15, 0.2) is 60.9 Å². The van der Waals surface area contributed by atoms with E-state index >= 15 is 0 Å². The maximum Gasteiger partial charge on any atom is 0.251 e. The van der Waals surface area contributed by atoms with E-state index in [2.05, 4.69) is 20.5 Å². The number of pyridine rings is 1. The number of halogens is 1. The van der Waals surface area contributed by atoms with E-state index in [-0.39, 0.29) is 18.2 Å². The highest BCUT2D eigenvalue weighted by atomic mass is 35.5. The van der Waals surface area contributed by atoms with Gasteiger partial charge in [-0.15, -0.1) is 0 Å². The Labute approximate surface area is 195 Å². The molecule has 3 heterocycles. The van der Waals surface area contributed by atoms with Gasteiger partial charge in [-0.3, -0.25) is 14.7 Å². The number of carbonyl (C=O) groups is 2. The Bertz CT molecular complexity index is 1350. The molecule has 8 heteroatoms. The van der Waals surface area contributed by atoms with Gasteiger partial charge in [0, 0.05) is 41.8 Å². The lowest BCUT2D eigenvalue weighted by atomic mass is 9.98. The van der Waals surface area contributed by atoms with E-state index in [9.17, 15) is 9.59 Å². The van der Waals surface area contributed by atoms with Gasteiger partial charge in [0.05, 0.1) is 12.6 Å². The zero-order chi connectivity index (χ0) is 22.8. The molecule has 0 fully saturated rings. The summed E-state index contributed by atoms with van der Waals surface area (Å²) in [5.41, 5.74) is 5.30. The molecule has 1 aliphatic rings. The molecule has 4 aromatic rings. The monoisotopic (exact) mass is 459 g/mol. The number of rotatable bonds is 5. The molecule has 2 aromatic heterocycles. The van der Waals surface area contributed by atoms with Gasteiger partial charge in [-0.05, 0) is 52.9 Å². The molecule has 2 N–H and O–H groups in total. The van der Waals surface area contributed by atoms with Crippen molar-refractivity contribution in [3.8, 4) is 0 Å². The molecule has 0 unspecified atom stereocenters. The van der Waals surface area contributed by atoms with Crippen molar-refractivity contribution in [3.05, 3.63) is 93.8 Å². The molecular formula is C25H22ClN5O2. The predicted octanol–water partition coefficient (Wildman–Crippen LogP) is 3.67. The van der Waals surface area contributed by atoms with Crippen LogP contribution in [-0.2, 0) is 30.7 Å². The van der Waals surface area contributed by atoms with Crippen molar-refractivity contribution >= 4 is 34.4 Å². The summed E-state index contributed by atoms with van der Waals surface area (Å²) in [6.45, 7) is 1.56. The number of H-pyrrole nitrogens is 1. The van der Waals surface area contributed by atoms with Crippen LogP contribution in [0.1, 0.15) is 32.6 Å². The number of aromatic amines is 1. The first kappa shape index (κ1) is 21.2. The van der Waals surface area contributed by atoms with Crippen LogP contribution in [0.2, 0.25) is 5.02 Å². The lowest BCUT2D eigenvalue weighted by molar-refractivity contribution is -0.131. The SMILES string of the molecule is O=C(NCc1cccc(Cl)c1)c1cccc(CC(=O)N2CCc3c(cnc4[nH]ncc34)C2)c1. The van der Waals surface area contributed by atoms with Crippen molar-refractivity contribution < 1.29 is 9.59 Å². The maximum atomic E-state index is 13.0. The lowest BCUT2D eigenvalue weighted by Gasteiger charge is -2.29. The quantitative estimate of drug-likeness (QED) is 0.476. The van der Waals surface area contributed by atoms with Crippen molar-refractivity contribution in [2.45, 2.75) is 25.9 Å². The molecular weight excluding hydrogens is 438 g/mol. The Morgan fingerprint density at radius 2 is 1.94 bits per heavy atom. The van der Waals surface area contributed by atoms with Gasteiger partial charge in [0.2, 0.25) is 5.91 Å². The molecule has 0 bridgehead atoms. The zero-order valence-electron chi connectivity index (χ0n) is 17.8. The summed E-state index contributed by atoms with van der Waals surface area (Å²) in [5, 5.41) is 11.5. The van der Waals surface area contributed by atoms with Gasteiger partial charge in [-0.2, -0.15) is 5.10 Å². The predicted molar refractivity (Wildman–Crippen MR) is 126 cm³/mol. The molecule has 0 aliphatic carbocycles. The van der Waals surface area contributed by atoms with Gasteiger partial charge in [0.1, 0.15) is 0 Å². The van der Waals surface area contributed by atoms with E-state index in [1.54, 1.807) is 24.4 Å². The summed E-state index contributed by atoms with van der Waals surface area (Å²) >= 11 is 6.00. The fourth-order valence-electron chi connectivity index (χ4n) is 4.21. The number of nitrogens with zero attached hydrogens (tertiary/aromatic N) is 3. The largest absolute Gasteiger partial charge is 0.348 e. The maximum absolute atomic E-state index is 13.0. The molecule has 0 spiro atoms. The Kier molecular flexibility index (Phi) is 5.79. The standard InChI is InChI=1S/C25H22ClN5O2/c26-20-6-2-4-17(10-20)12-28-25(33)18-5-1-3-16(9-18)11-23(32)31-8-7-21-19(15-31)13-27-24-22(21)14-29-30-24/h1-6,9-10,13-14H,7-8,11-12,15H2,(H,28,33)(H,27,29,30). The molecule has 0 saturated carbocycles. The minimum Gasteiger partial charge on any atom is -0.348 e. The van der Waals surface area contributed by atoms with Crippen molar-refractivity contribution in [2.75, 3.05) is 6.54 Å².